The van der Waals surface area contributed by atoms with Crippen molar-refractivity contribution in [1.82, 2.24) is 58.1 Å². The molecule has 0 saturated carbocycles. The fourth-order valence-electron chi connectivity index (χ4n) is 13.4. The van der Waals surface area contributed by atoms with E-state index in [-0.39, 0.29) is 11.4 Å². The monoisotopic (exact) mass is 1130 g/mol. The summed E-state index contributed by atoms with van der Waals surface area (Å²) in [5, 5.41) is 6.41. The van der Waals surface area contributed by atoms with E-state index >= 15 is 13.2 Å². The van der Waals surface area contributed by atoms with Crippen LogP contribution in [0.4, 0.5) is 13.2 Å². The molecule has 0 bridgehead atoms. The van der Waals surface area contributed by atoms with Gasteiger partial charge in [-0.15, -0.1) is 0 Å². The van der Waals surface area contributed by atoms with Gasteiger partial charge in [0.2, 0.25) is 0 Å². The number of aromatic nitrogens is 12. The van der Waals surface area contributed by atoms with Crippen LogP contribution >= 0.6 is 0 Å². The van der Waals surface area contributed by atoms with Gasteiger partial charge in [-0.3, -0.25) is 0 Å². The van der Waals surface area contributed by atoms with Gasteiger partial charge in [-0.1, -0.05) is 97.1 Å². The Kier molecular flexibility index (Phi) is 11.0. The van der Waals surface area contributed by atoms with E-state index in [2.05, 4.69) is 73.3 Å². The number of rotatable bonds is 8. The number of halogens is 3. The molecule has 87 heavy (non-hydrogen) atoms. The van der Waals surface area contributed by atoms with Crippen LogP contribution in [0.2, 0.25) is 0 Å². The van der Waals surface area contributed by atoms with Crippen LogP contribution in [0.1, 0.15) is 11.1 Å². The van der Waals surface area contributed by atoms with E-state index in [4.69, 9.17) is 0 Å². The van der Waals surface area contributed by atoms with Crippen LogP contribution in [0.15, 0.2) is 245 Å². The number of para-hydroxylation sites is 4. The topological polar surface area (TPSA) is 123 Å². The number of hydrogen-bond donors (Lipinski definition) is 0. The summed E-state index contributed by atoms with van der Waals surface area (Å²) >= 11 is 0. The average molecular weight is 1130 g/mol. The van der Waals surface area contributed by atoms with Crippen molar-refractivity contribution < 1.29 is 13.2 Å². The molecule has 0 amide bonds. The third-order valence-corrected chi connectivity index (χ3v) is 17.1. The van der Waals surface area contributed by atoms with Crippen LogP contribution in [0.25, 0.3) is 154 Å². The predicted octanol–water partition coefficient (Wildman–Crippen LogP) is 17.2. The minimum Gasteiger partial charge on any atom is -0.307 e. The van der Waals surface area contributed by atoms with Crippen molar-refractivity contribution in [1.29, 1.82) is 0 Å². The quantitative estimate of drug-likeness (QED) is 0.147. The highest BCUT2D eigenvalue weighted by Crippen LogP contribution is 2.53. The first-order valence-electron chi connectivity index (χ1n) is 28.2. The van der Waals surface area contributed by atoms with E-state index in [1.165, 1.54) is 25.3 Å². The SMILES string of the molecule is Cc1c(-n2c3ccc(-c4cncnc4)cc3c3cc(-c4cncnc4)ccc32)c(-n2c3ccccc3c3ccccc32)c(C(F)(F)F)c(-n2c3ccccc3c3ccccc32)c1-n1c2ccc(-c3cncnc3)cc2c2cc(-c3cncnc3)ccc21. The first-order valence-corrected chi connectivity index (χ1v) is 28.2. The molecule has 0 unspecified atom stereocenters. The fourth-order valence-corrected chi connectivity index (χ4v) is 13.4. The first kappa shape index (κ1) is 49.9. The zero-order valence-corrected chi connectivity index (χ0v) is 46.1. The molecule has 0 aliphatic rings. The largest absolute Gasteiger partial charge is 0.420 e. The molecule has 0 radical (unpaired) electrons. The summed E-state index contributed by atoms with van der Waals surface area (Å²) in [5.41, 5.74) is 11.9. The van der Waals surface area contributed by atoms with Gasteiger partial charge in [0.25, 0.3) is 0 Å². The summed E-state index contributed by atoms with van der Waals surface area (Å²) in [7, 11) is 0. The van der Waals surface area contributed by atoms with Gasteiger partial charge in [0.05, 0.1) is 66.9 Å². The lowest BCUT2D eigenvalue weighted by molar-refractivity contribution is -0.137. The van der Waals surface area contributed by atoms with Crippen molar-refractivity contribution in [3.63, 3.8) is 0 Å². The lowest BCUT2D eigenvalue weighted by Gasteiger charge is -2.30. The molecule has 17 aromatic rings. The highest BCUT2D eigenvalue weighted by Gasteiger charge is 2.44. The maximum Gasteiger partial charge on any atom is 0.420 e. The lowest BCUT2D eigenvalue weighted by Crippen LogP contribution is -2.22. The van der Waals surface area contributed by atoms with Crippen LogP contribution in [-0.2, 0) is 6.18 Å². The van der Waals surface area contributed by atoms with Crippen LogP contribution in [0.5, 0.6) is 0 Å². The predicted molar refractivity (Wildman–Crippen MR) is 338 cm³/mol. The van der Waals surface area contributed by atoms with Crippen molar-refractivity contribution in [2.45, 2.75) is 13.1 Å². The van der Waals surface area contributed by atoms with E-state index in [1.807, 2.05) is 162 Å². The molecular weight excluding hydrogens is 1090 g/mol. The van der Waals surface area contributed by atoms with Crippen molar-refractivity contribution in [3.8, 4) is 67.3 Å². The Morgan fingerprint density at radius 2 is 0.494 bits per heavy atom. The van der Waals surface area contributed by atoms with Gasteiger partial charge in [0.1, 0.15) is 30.9 Å². The van der Waals surface area contributed by atoms with Crippen LogP contribution < -0.4 is 0 Å². The van der Waals surface area contributed by atoms with E-state index in [0.29, 0.717) is 61.1 Å². The van der Waals surface area contributed by atoms with Crippen molar-refractivity contribution in [2.24, 2.45) is 0 Å². The summed E-state index contributed by atoms with van der Waals surface area (Å²) in [6.45, 7) is 1.99. The molecule has 15 heteroatoms. The zero-order chi connectivity index (χ0) is 58.1. The summed E-state index contributed by atoms with van der Waals surface area (Å²) in [6, 6.07) is 55.4. The van der Waals surface area contributed by atoms with Crippen LogP contribution in [-0.4, -0.2) is 58.1 Å². The second-order valence-corrected chi connectivity index (χ2v) is 21.7. The molecule has 0 N–H and O–H groups in total. The first-order chi connectivity index (χ1) is 42.8. The number of fused-ring (bicyclic) bond motifs is 12. The lowest BCUT2D eigenvalue weighted by atomic mass is 9.97. The Morgan fingerprint density at radius 1 is 0.264 bits per heavy atom. The highest BCUT2D eigenvalue weighted by atomic mass is 19.4. The van der Waals surface area contributed by atoms with Crippen LogP contribution in [0.3, 0.4) is 0 Å². The van der Waals surface area contributed by atoms with Crippen molar-refractivity contribution in [2.75, 3.05) is 0 Å². The molecule has 0 saturated heterocycles. The summed E-state index contributed by atoms with van der Waals surface area (Å²) in [5.74, 6) is 0. The molecule has 17 rings (SSSR count). The Morgan fingerprint density at radius 3 is 0.747 bits per heavy atom. The van der Waals surface area contributed by atoms with Crippen LogP contribution in [0, 0.1) is 6.92 Å². The fraction of sp³-hybridized carbons (Fsp3) is 0.0278. The summed E-state index contributed by atoms with van der Waals surface area (Å²) < 4.78 is 63.6. The van der Waals surface area contributed by atoms with E-state index in [9.17, 15) is 0 Å². The normalized spacial score (nSPS) is 12.1. The number of hydrogen-bond acceptors (Lipinski definition) is 8. The molecule has 0 spiro atoms. The van der Waals surface area contributed by atoms with Gasteiger partial charge in [0, 0.05) is 120 Å². The van der Waals surface area contributed by atoms with E-state index in [0.717, 1.165) is 87.6 Å². The number of benzene rings is 9. The maximum atomic E-state index is 18.6. The standard InChI is InChI=1S/C72H43F3N12/c1-42-68(84-63-22-18-43(47-30-76-38-77-31-47)26-55(63)56-27-44(19-23-64(56)84)48-32-78-39-79-33-48)70(86-59-14-6-2-10-51(59)52-11-3-7-15-60(52)86)67(72(73,74)75)71(87-61-16-8-4-12-53(61)54-13-5-9-17-62(54)87)69(42)85-65-24-20-45(49-34-80-40-81-35-49)28-57(65)58-29-46(21-25-66(58)85)50-36-82-41-83-37-50/h2-41H,1H3. The summed E-state index contributed by atoms with van der Waals surface area (Å²) in [6.07, 6.45) is 15.0. The van der Waals surface area contributed by atoms with Gasteiger partial charge in [-0.05, 0) is 102 Å². The molecule has 412 valence electrons. The molecule has 0 aliphatic heterocycles. The second-order valence-electron chi connectivity index (χ2n) is 21.7. The Bertz CT molecular complexity index is 5000. The molecule has 9 aromatic carbocycles. The molecular formula is C72H43F3N12. The van der Waals surface area contributed by atoms with Gasteiger partial charge < -0.3 is 18.3 Å². The minimum atomic E-state index is -5.06. The van der Waals surface area contributed by atoms with Crippen molar-refractivity contribution in [3.05, 3.63) is 256 Å². The highest BCUT2D eigenvalue weighted by molar-refractivity contribution is 6.17. The molecule has 0 fully saturated rings. The molecule has 8 heterocycles. The van der Waals surface area contributed by atoms with Gasteiger partial charge in [-0.25, -0.2) is 39.9 Å². The van der Waals surface area contributed by atoms with Crippen molar-refractivity contribution >= 4 is 87.2 Å². The van der Waals surface area contributed by atoms with E-state index in [1.54, 1.807) is 49.6 Å². The Balaban J connectivity index is 1.13. The van der Waals surface area contributed by atoms with Gasteiger partial charge in [0.15, 0.2) is 0 Å². The van der Waals surface area contributed by atoms with Gasteiger partial charge in [-0.2, -0.15) is 13.2 Å². The maximum absolute atomic E-state index is 18.6. The van der Waals surface area contributed by atoms with E-state index < -0.39 is 11.7 Å². The minimum absolute atomic E-state index is 0.0450. The second kappa shape index (κ2) is 19.2. The Labute approximate surface area is 492 Å². The third kappa shape index (κ3) is 7.58. The molecule has 8 aromatic heterocycles. The smallest absolute Gasteiger partial charge is 0.307 e. The van der Waals surface area contributed by atoms with Gasteiger partial charge >= 0.3 is 6.18 Å². The third-order valence-electron chi connectivity index (χ3n) is 17.1. The molecule has 0 atom stereocenters. The number of nitrogens with zero attached hydrogens (tertiary/aromatic N) is 12. The number of alkyl halides is 3. The summed E-state index contributed by atoms with van der Waals surface area (Å²) in [4.78, 5) is 35.0. The molecule has 0 aliphatic carbocycles. The molecule has 12 nitrogen and oxygen atoms in total. The average Bonchev–Trinajstić information content (AvgIpc) is 1.62. The Hall–Kier alpha value is -11.7. The zero-order valence-electron chi connectivity index (χ0n) is 46.1.